The summed E-state index contributed by atoms with van der Waals surface area (Å²) in [5, 5.41) is 2.97. The molecule has 0 aliphatic rings. The fourth-order valence-corrected chi connectivity index (χ4v) is 4.68. The maximum Gasteiger partial charge on any atom is 0.262 e. The van der Waals surface area contributed by atoms with E-state index in [-0.39, 0.29) is 16.8 Å². The van der Waals surface area contributed by atoms with E-state index in [2.05, 4.69) is 22.2 Å². The van der Waals surface area contributed by atoms with Crippen LogP contribution in [0.1, 0.15) is 40.4 Å². The van der Waals surface area contributed by atoms with Gasteiger partial charge in [-0.2, -0.15) is 0 Å². The molecular formula is C25H28N2O3S. The average molecular weight is 437 g/mol. The third kappa shape index (κ3) is 6.18. The van der Waals surface area contributed by atoms with Crippen molar-refractivity contribution in [2.75, 3.05) is 4.72 Å². The van der Waals surface area contributed by atoms with E-state index in [1.165, 1.54) is 11.6 Å². The molecule has 0 bridgehead atoms. The topological polar surface area (TPSA) is 75.3 Å². The molecule has 3 aromatic carbocycles. The second-order valence-corrected chi connectivity index (χ2v) is 9.50. The molecule has 0 heterocycles. The molecule has 0 aliphatic heterocycles. The molecule has 0 radical (unpaired) electrons. The lowest BCUT2D eigenvalue weighted by atomic mass is 10.1. The van der Waals surface area contributed by atoms with Crippen LogP contribution in [0.3, 0.4) is 0 Å². The normalized spacial score (nSPS) is 12.2. The summed E-state index contributed by atoms with van der Waals surface area (Å²) in [4.78, 5) is 12.8. The Morgan fingerprint density at radius 1 is 0.935 bits per heavy atom. The first kappa shape index (κ1) is 22.6. The van der Waals surface area contributed by atoms with Crippen LogP contribution in [0.5, 0.6) is 0 Å². The summed E-state index contributed by atoms with van der Waals surface area (Å²) in [6, 6.07) is 22.0. The predicted molar refractivity (Wildman–Crippen MR) is 125 cm³/mol. The smallest absolute Gasteiger partial charge is 0.262 e. The van der Waals surface area contributed by atoms with Crippen LogP contribution >= 0.6 is 0 Å². The summed E-state index contributed by atoms with van der Waals surface area (Å²) in [5.74, 6) is -0.285. The standard InChI is InChI=1S/C25H28N2O3S/c1-18-8-7-11-23(16-18)27-31(29,30)24-17-22(15-12-19(24)2)25(28)26-20(3)13-14-21-9-5-4-6-10-21/h4-12,15-17,20,27H,13-14H2,1-3H3,(H,26,28)/t20-/m0/s1. The average Bonchev–Trinajstić information content (AvgIpc) is 2.73. The number of benzene rings is 3. The summed E-state index contributed by atoms with van der Waals surface area (Å²) >= 11 is 0. The highest BCUT2D eigenvalue weighted by molar-refractivity contribution is 7.92. The van der Waals surface area contributed by atoms with E-state index in [4.69, 9.17) is 0 Å². The van der Waals surface area contributed by atoms with Crippen molar-refractivity contribution in [3.63, 3.8) is 0 Å². The number of carbonyl (C=O) groups excluding carboxylic acids is 1. The number of anilines is 1. The second kappa shape index (κ2) is 9.79. The summed E-state index contributed by atoms with van der Waals surface area (Å²) in [5.41, 5.74) is 3.56. The van der Waals surface area contributed by atoms with Gasteiger partial charge in [0.2, 0.25) is 0 Å². The molecule has 0 saturated heterocycles. The molecule has 0 aromatic heterocycles. The first-order valence-corrected chi connectivity index (χ1v) is 11.8. The van der Waals surface area contributed by atoms with Gasteiger partial charge in [-0.25, -0.2) is 8.42 Å². The highest BCUT2D eigenvalue weighted by Gasteiger charge is 2.20. The molecule has 6 heteroatoms. The van der Waals surface area contributed by atoms with E-state index in [9.17, 15) is 13.2 Å². The molecule has 5 nitrogen and oxygen atoms in total. The van der Waals surface area contributed by atoms with Crippen LogP contribution in [0.4, 0.5) is 5.69 Å². The summed E-state index contributed by atoms with van der Waals surface area (Å²) < 4.78 is 28.5. The SMILES string of the molecule is Cc1cccc(NS(=O)(=O)c2cc(C(=O)N[C@@H](C)CCc3ccccc3)ccc2C)c1. The van der Waals surface area contributed by atoms with E-state index in [1.807, 2.05) is 38.1 Å². The van der Waals surface area contributed by atoms with Gasteiger partial charge in [0.15, 0.2) is 0 Å². The zero-order valence-corrected chi connectivity index (χ0v) is 18.9. The van der Waals surface area contributed by atoms with Gasteiger partial charge in [-0.1, -0.05) is 48.5 Å². The molecule has 1 amide bonds. The monoisotopic (exact) mass is 436 g/mol. The number of aryl methyl sites for hydroxylation is 3. The number of hydrogen-bond donors (Lipinski definition) is 2. The number of carbonyl (C=O) groups is 1. The lowest BCUT2D eigenvalue weighted by molar-refractivity contribution is 0.0938. The van der Waals surface area contributed by atoms with Crippen molar-refractivity contribution in [1.82, 2.24) is 5.32 Å². The lowest BCUT2D eigenvalue weighted by Crippen LogP contribution is -2.33. The van der Waals surface area contributed by atoms with Crippen molar-refractivity contribution in [2.45, 2.75) is 44.6 Å². The molecule has 0 fully saturated rings. The second-order valence-electron chi connectivity index (χ2n) is 7.85. The van der Waals surface area contributed by atoms with Crippen molar-refractivity contribution < 1.29 is 13.2 Å². The summed E-state index contributed by atoms with van der Waals surface area (Å²) in [7, 11) is -3.82. The number of sulfonamides is 1. The van der Waals surface area contributed by atoms with Gasteiger partial charge in [0.05, 0.1) is 4.90 Å². The molecular weight excluding hydrogens is 408 g/mol. The van der Waals surface area contributed by atoms with Gasteiger partial charge in [-0.3, -0.25) is 9.52 Å². The molecule has 2 N–H and O–H groups in total. The van der Waals surface area contributed by atoms with E-state index < -0.39 is 10.0 Å². The highest BCUT2D eigenvalue weighted by atomic mass is 32.2. The first-order valence-electron chi connectivity index (χ1n) is 10.3. The Kier molecular flexibility index (Phi) is 7.13. The number of rotatable bonds is 8. The Labute approximate surface area is 184 Å². The maximum atomic E-state index is 12.9. The fourth-order valence-electron chi connectivity index (χ4n) is 3.36. The third-order valence-electron chi connectivity index (χ3n) is 5.10. The van der Waals surface area contributed by atoms with E-state index >= 15 is 0 Å². The molecule has 0 unspecified atom stereocenters. The molecule has 1 atom stereocenters. The molecule has 162 valence electrons. The highest BCUT2D eigenvalue weighted by Crippen LogP contribution is 2.21. The minimum atomic E-state index is -3.82. The number of hydrogen-bond acceptors (Lipinski definition) is 3. The predicted octanol–water partition coefficient (Wildman–Crippen LogP) is 4.86. The lowest BCUT2D eigenvalue weighted by Gasteiger charge is -2.16. The molecule has 3 rings (SSSR count). The van der Waals surface area contributed by atoms with Crippen LogP contribution in [-0.4, -0.2) is 20.4 Å². The minimum Gasteiger partial charge on any atom is -0.350 e. The first-order chi connectivity index (χ1) is 14.7. The van der Waals surface area contributed by atoms with Crippen molar-refractivity contribution in [3.8, 4) is 0 Å². The molecule has 3 aromatic rings. The zero-order chi connectivity index (χ0) is 22.4. The minimum absolute atomic E-state index is 0.0421. The van der Waals surface area contributed by atoms with Gasteiger partial charge in [-0.15, -0.1) is 0 Å². The molecule has 31 heavy (non-hydrogen) atoms. The van der Waals surface area contributed by atoms with Crippen LogP contribution in [0, 0.1) is 13.8 Å². The Bertz CT molecular complexity index is 1160. The quantitative estimate of drug-likeness (QED) is 0.530. The van der Waals surface area contributed by atoms with Gasteiger partial charge >= 0.3 is 0 Å². The van der Waals surface area contributed by atoms with E-state index in [0.29, 0.717) is 16.8 Å². The van der Waals surface area contributed by atoms with Gasteiger partial charge in [0.25, 0.3) is 15.9 Å². The maximum absolute atomic E-state index is 12.9. The summed E-state index contributed by atoms with van der Waals surface area (Å²) in [6.07, 6.45) is 1.65. The van der Waals surface area contributed by atoms with E-state index in [0.717, 1.165) is 18.4 Å². The Hall–Kier alpha value is -3.12. The number of nitrogens with one attached hydrogen (secondary N) is 2. The third-order valence-corrected chi connectivity index (χ3v) is 6.62. The van der Waals surface area contributed by atoms with E-state index in [1.54, 1.807) is 37.3 Å². The van der Waals surface area contributed by atoms with Crippen molar-refractivity contribution >= 4 is 21.6 Å². The van der Waals surface area contributed by atoms with Crippen LogP contribution in [-0.2, 0) is 16.4 Å². The fraction of sp³-hybridized carbons (Fsp3) is 0.240. The number of amides is 1. The summed E-state index contributed by atoms with van der Waals surface area (Å²) in [6.45, 7) is 5.56. The van der Waals surface area contributed by atoms with Gasteiger partial charge in [-0.05, 0) is 74.6 Å². The molecule has 0 aliphatic carbocycles. The van der Waals surface area contributed by atoms with Crippen molar-refractivity contribution in [3.05, 3.63) is 95.1 Å². The Morgan fingerprint density at radius 2 is 1.68 bits per heavy atom. The van der Waals surface area contributed by atoms with Crippen molar-refractivity contribution in [1.29, 1.82) is 0 Å². The van der Waals surface area contributed by atoms with Crippen LogP contribution in [0.2, 0.25) is 0 Å². The van der Waals surface area contributed by atoms with Crippen LogP contribution < -0.4 is 10.0 Å². The zero-order valence-electron chi connectivity index (χ0n) is 18.1. The van der Waals surface area contributed by atoms with Crippen LogP contribution in [0.25, 0.3) is 0 Å². The van der Waals surface area contributed by atoms with Crippen LogP contribution in [0.15, 0.2) is 77.7 Å². The largest absolute Gasteiger partial charge is 0.350 e. The molecule has 0 saturated carbocycles. The Morgan fingerprint density at radius 3 is 2.39 bits per heavy atom. The molecule has 0 spiro atoms. The van der Waals surface area contributed by atoms with Gasteiger partial charge in [0.1, 0.15) is 0 Å². The van der Waals surface area contributed by atoms with Gasteiger partial charge < -0.3 is 5.32 Å². The Balaban J connectivity index is 1.71. The van der Waals surface area contributed by atoms with Gasteiger partial charge in [0, 0.05) is 17.3 Å². The van der Waals surface area contributed by atoms with Crippen molar-refractivity contribution in [2.24, 2.45) is 0 Å².